The Morgan fingerprint density at radius 1 is 1.07 bits per heavy atom. The Kier molecular flexibility index (Phi) is 11.8. The molecular formula is C26H35N3O11S. The highest BCUT2D eigenvalue weighted by atomic mass is 32.2. The number of nitrogens with one attached hydrogen (secondary N) is 1. The first-order valence-electron chi connectivity index (χ1n) is 12.8. The minimum atomic E-state index is -4.47. The second kappa shape index (κ2) is 14.6. The summed E-state index contributed by atoms with van der Waals surface area (Å²) in [5.41, 5.74) is -1.50. The fourth-order valence-electron chi connectivity index (χ4n) is 3.57. The van der Waals surface area contributed by atoms with Crippen LogP contribution in [0.5, 0.6) is 0 Å². The summed E-state index contributed by atoms with van der Waals surface area (Å²) in [7, 11) is -4.47. The van der Waals surface area contributed by atoms with Crippen LogP contribution in [0.1, 0.15) is 41.0 Å². The third-order valence-electron chi connectivity index (χ3n) is 5.24. The maximum atomic E-state index is 13.5. The van der Waals surface area contributed by atoms with Crippen LogP contribution in [0.25, 0.3) is 0 Å². The fraction of sp³-hybridized carbons (Fsp3) is 0.500. The van der Waals surface area contributed by atoms with Crippen LogP contribution in [0, 0.1) is 10.1 Å². The summed E-state index contributed by atoms with van der Waals surface area (Å²) < 4.78 is 48.9. The number of sulfonamides is 1. The molecule has 41 heavy (non-hydrogen) atoms. The van der Waals surface area contributed by atoms with Crippen molar-refractivity contribution in [3.05, 3.63) is 58.0 Å². The summed E-state index contributed by atoms with van der Waals surface area (Å²) in [5.74, 6) is -2.03. The molecule has 1 aliphatic rings. The summed E-state index contributed by atoms with van der Waals surface area (Å²) in [5, 5.41) is 14.2. The second-order valence-electron chi connectivity index (χ2n) is 9.54. The van der Waals surface area contributed by atoms with Gasteiger partial charge in [0.15, 0.2) is 4.90 Å². The molecule has 0 amide bonds. The van der Waals surface area contributed by atoms with E-state index in [1.165, 1.54) is 24.3 Å². The molecule has 2 rings (SSSR count). The van der Waals surface area contributed by atoms with E-state index in [2.05, 4.69) is 5.32 Å². The third-order valence-corrected chi connectivity index (χ3v) is 7.18. The number of nitrogens with zero attached hydrogens (tertiary/aromatic N) is 2. The summed E-state index contributed by atoms with van der Waals surface area (Å²) in [6, 6.07) is 3.77. The predicted molar refractivity (Wildman–Crippen MR) is 145 cm³/mol. The molecule has 226 valence electrons. The van der Waals surface area contributed by atoms with Gasteiger partial charge in [0.1, 0.15) is 29.7 Å². The molecule has 0 aliphatic carbocycles. The van der Waals surface area contributed by atoms with Gasteiger partial charge in [0, 0.05) is 25.2 Å². The molecule has 0 bridgehead atoms. The Morgan fingerprint density at radius 3 is 2.34 bits per heavy atom. The lowest BCUT2D eigenvalue weighted by atomic mass is 10.1. The van der Waals surface area contributed by atoms with Crippen LogP contribution in [-0.2, 0) is 43.4 Å². The van der Waals surface area contributed by atoms with Crippen LogP contribution >= 0.6 is 0 Å². The molecule has 0 spiro atoms. The Balaban J connectivity index is 2.31. The first-order chi connectivity index (χ1) is 19.2. The maximum absolute atomic E-state index is 13.5. The quantitative estimate of drug-likeness (QED) is 0.143. The van der Waals surface area contributed by atoms with Gasteiger partial charge in [-0.25, -0.2) is 18.0 Å². The number of nitro benzene ring substituents is 1. The van der Waals surface area contributed by atoms with E-state index < -0.39 is 55.1 Å². The highest BCUT2D eigenvalue weighted by Gasteiger charge is 2.33. The van der Waals surface area contributed by atoms with Crippen molar-refractivity contribution in [2.24, 2.45) is 0 Å². The van der Waals surface area contributed by atoms with E-state index in [0.29, 0.717) is 0 Å². The second-order valence-corrected chi connectivity index (χ2v) is 11.4. The monoisotopic (exact) mass is 597 g/mol. The van der Waals surface area contributed by atoms with Crippen LogP contribution < -0.4 is 5.32 Å². The SMILES string of the molecule is CCOC(=O)C1=CC(OCCN(CCC(=O)OC(C)(C)C)S(=O)(=O)c2ccccc2[N+](=O)[O-])=CC(C(=O)OCC)N1. The Hall–Kier alpha value is -3.98. The first kappa shape index (κ1) is 33.2. The Labute approximate surface area is 238 Å². The molecule has 0 saturated carbocycles. The van der Waals surface area contributed by atoms with E-state index in [4.69, 9.17) is 18.9 Å². The summed E-state index contributed by atoms with van der Waals surface area (Å²) in [6.45, 7) is 7.39. The minimum Gasteiger partial charge on any atom is -0.492 e. The van der Waals surface area contributed by atoms with Gasteiger partial charge in [0.2, 0.25) is 10.0 Å². The van der Waals surface area contributed by atoms with Crippen LogP contribution in [0.2, 0.25) is 0 Å². The van der Waals surface area contributed by atoms with E-state index in [1.807, 2.05) is 0 Å². The molecule has 15 heteroatoms. The average Bonchev–Trinajstić information content (AvgIpc) is 2.89. The molecule has 1 heterocycles. The average molecular weight is 598 g/mol. The zero-order valence-electron chi connectivity index (χ0n) is 23.6. The van der Waals surface area contributed by atoms with Crippen molar-refractivity contribution >= 4 is 33.6 Å². The van der Waals surface area contributed by atoms with Gasteiger partial charge in [-0.1, -0.05) is 12.1 Å². The van der Waals surface area contributed by atoms with Gasteiger partial charge in [-0.3, -0.25) is 14.9 Å². The highest BCUT2D eigenvalue weighted by Crippen LogP contribution is 2.27. The molecule has 0 radical (unpaired) electrons. The molecule has 1 aromatic carbocycles. The van der Waals surface area contributed by atoms with E-state index in [9.17, 15) is 32.9 Å². The van der Waals surface area contributed by atoms with Gasteiger partial charge < -0.3 is 24.3 Å². The van der Waals surface area contributed by atoms with Crippen molar-refractivity contribution < 1.29 is 46.7 Å². The van der Waals surface area contributed by atoms with Crippen LogP contribution in [0.3, 0.4) is 0 Å². The van der Waals surface area contributed by atoms with Crippen LogP contribution in [0.15, 0.2) is 52.8 Å². The summed E-state index contributed by atoms with van der Waals surface area (Å²) >= 11 is 0. The van der Waals surface area contributed by atoms with Gasteiger partial charge in [-0.05, 0) is 46.8 Å². The van der Waals surface area contributed by atoms with Crippen molar-refractivity contribution in [2.45, 2.75) is 57.6 Å². The van der Waals surface area contributed by atoms with E-state index >= 15 is 0 Å². The zero-order chi connectivity index (χ0) is 30.8. The first-order valence-corrected chi connectivity index (χ1v) is 14.3. The summed E-state index contributed by atoms with van der Waals surface area (Å²) in [4.78, 5) is 47.1. The summed E-state index contributed by atoms with van der Waals surface area (Å²) in [6.07, 6.45) is 2.30. The molecule has 1 aromatic rings. The molecule has 1 atom stereocenters. The lowest BCUT2D eigenvalue weighted by Gasteiger charge is -2.25. The van der Waals surface area contributed by atoms with Crippen molar-refractivity contribution in [3.8, 4) is 0 Å². The lowest BCUT2D eigenvalue weighted by Crippen LogP contribution is -2.41. The maximum Gasteiger partial charge on any atom is 0.354 e. The zero-order valence-corrected chi connectivity index (χ0v) is 24.4. The molecule has 1 aliphatic heterocycles. The molecule has 0 saturated heterocycles. The standard InChI is InChI=1S/C26H35N3O11S/c1-6-37-24(31)19-16-18(17-20(27-19)25(32)38-7-2)39-15-14-28(13-12-23(30)40-26(3,4)5)41(35,36)22-11-9-8-10-21(22)29(33)34/h8-11,16-17,19,27H,6-7,12-15H2,1-5H3. The molecule has 0 aromatic heterocycles. The number of esters is 3. The number of ether oxygens (including phenoxy) is 4. The van der Waals surface area contributed by atoms with E-state index in [1.54, 1.807) is 34.6 Å². The number of benzene rings is 1. The Morgan fingerprint density at radius 2 is 1.73 bits per heavy atom. The molecule has 14 nitrogen and oxygen atoms in total. The highest BCUT2D eigenvalue weighted by molar-refractivity contribution is 7.89. The number of allylic oxidation sites excluding steroid dienone is 1. The van der Waals surface area contributed by atoms with Crippen molar-refractivity contribution in [1.82, 2.24) is 9.62 Å². The number of hydrogen-bond donors (Lipinski definition) is 1. The number of carbonyl (C=O) groups excluding carboxylic acids is 3. The molecule has 1 N–H and O–H groups in total. The van der Waals surface area contributed by atoms with Gasteiger partial charge in [-0.2, -0.15) is 4.31 Å². The van der Waals surface area contributed by atoms with Crippen molar-refractivity contribution in [1.29, 1.82) is 0 Å². The largest absolute Gasteiger partial charge is 0.492 e. The predicted octanol–water partition coefficient (Wildman–Crippen LogP) is 2.20. The Bertz CT molecular complexity index is 1300. The van der Waals surface area contributed by atoms with Gasteiger partial charge >= 0.3 is 17.9 Å². The van der Waals surface area contributed by atoms with E-state index in [-0.39, 0.29) is 50.8 Å². The molecular weight excluding hydrogens is 562 g/mol. The van der Waals surface area contributed by atoms with Crippen LogP contribution in [-0.4, -0.2) is 80.1 Å². The fourth-order valence-corrected chi connectivity index (χ4v) is 5.15. The smallest absolute Gasteiger partial charge is 0.354 e. The van der Waals surface area contributed by atoms with Gasteiger partial charge in [0.25, 0.3) is 5.69 Å². The van der Waals surface area contributed by atoms with Gasteiger partial charge in [0.05, 0.1) is 24.6 Å². The number of rotatable bonds is 14. The van der Waals surface area contributed by atoms with Gasteiger partial charge in [-0.15, -0.1) is 0 Å². The van der Waals surface area contributed by atoms with Crippen molar-refractivity contribution in [2.75, 3.05) is 32.9 Å². The molecule has 1 unspecified atom stereocenters. The number of carbonyl (C=O) groups is 3. The van der Waals surface area contributed by atoms with Crippen molar-refractivity contribution in [3.63, 3.8) is 0 Å². The van der Waals surface area contributed by atoms with Crippen LogP contribution in [0.4, 0.5) is 5.69 Å². The molecule has 0 fully saturated rings. The number of nitro groups is 1. The number of hydrogen-bond acceptors (Lipinski definition) is 12. The van der Waals surface area contributed by atoms with E-state index in [0.717, 1.165) is 16.4 Å². The third kappa shape index (κ3) is 9.86. The topological polar surface area (TPSA) is 181 Å². The number of para-hydroxylation sites is 1. The lowest BCUT2D eigenvalue weighted by molar-refractivity contribution is -0.387. The normalized spacial score (nSPS) is 15.2. The minimum absolute atomic E-state index is 0.0556. The number of dihydropyridines is 1.